The second-order valence-corrected chi connectivity index (χ2v) is 21.4. The number of carbonyl (C=O) groups is 5. The summed E-state index contributed by atoms with van der Waals surface area (Å²) in [7, 11) is 1.83. The Hall–Kier alpha value is -4.50. The molecule has 7 rings (SSSR count). The van der Waals surface area contributed by atoms with Gasteiger partial charge >= 0.3 is 6.09 Å². The number of nitrogens with zero attached hydrogens (tertiary/aromatic N) is 3. The summed E-state index contributed by atoms with van der Waals surface area (Å²) in [6.07, 6.45) is 8.10. The fourth-order valence-electron chi connectivity index (χ4n) is 11.3. The average Bonchev–Trinajstić information content (AvgIpc) is 3.54. The van der Waals surface area contributed by atoms with Gasteiger partial charge in [-0.15, -0.1) is 10.3 Å². The lowest BCUT2D eigenvalue weighted by molar-refractivity contribution is -0.290. The molecule has 15 nitrogen and oxygen atoms in total. The van der Waals surface area contributed by atoms with Crippen molar-refractivity contribution in [2.45, 2.75) is 173 Å². The summed E-state index contributed by atoms with van der Waals surface area (Å²) in [6.45, 7) is 16.6. The van der Waals surface area contributed by atoms with Crippen molar-refractivity contribution in [3.05, 3.63) is 54.1 Å². The number of aromatic nitrogens is 2. The molecule has 1 aromatic carbocycles. The molecule has 7 atom stereocenters. The van der Waals surface area contributed by atoms with Gasteiger partial charge in [-0.25, -0.2) is 9.78 Å². The third-order valence-corrected chi connectivity index (χ3v) is 13.4. The van der Waals surface area contributed by atoms with E-state index in [0.717, 1.165) is 35.6 Å². The molecule has 4 bridgehead atoms. The molecule has 2 unspecified atom stereocenters. The Morgan fingerprint density at radius 1 is 0.820 bits per heavy atom. The third-order valence-electron chi connectivity index (χ3n) is 13.4. The standard InChI is InChI=1S/C46H69N8O7/c1-28(2)36(39(57)49-34(17-29-14-12-11-13-15-29)37(55)48-32-23-43(6,7)54(60)44(8,9)24-32)51-40(58)45-19-30-16-31(20-45)22-46(21-30,26-45)52-38(56)35(18-33-25-47-27-53(33)10)50-41(59)61-42(3,4)5/h11-15,25,27-28,30-32,34-36H,16-24,26H2,1-10H3,(H,48,55)(H,49,57)(H,50,59)(H,51,58)(H,52,56)/t30-,31+,34-,35-,36-,45?,46?/m0/s1. The van der Waals surface area contributed by atoms with Crippen LogP contribution in [0.5, 0.6) is 0 Å². The number of ether oxygens (including phenoxy) is 1. The van der Waals surface area contributed by atoms with Crippen molar-refractivity contribution < 1.29 is 33.9 Å². The fourth-order valence-corrected chi connectivity index (χ4v) is 11.3. The van der Waals surface area contributed by atoms with Crippen LogP contribution in [0.4, 0.5) is 4.79 Å². The number of hydrogen-bond donors (Lipinski definition) is 5. The van der Waals surface area contributed by atoms with Crippen molar-refractivity contribution in [2.75, 3.05) is 0 Å². The number of imidazole rings is 1. The summed E-state index contributed by atoms with van der Waals surface area (Å²) in [4.78, 5) is 74.7. The lowest BCUT2D eigenvalue weighted by atomic mass is 9.46. The highest BCUT2D eigenvalue weighted by Crippen LogP contribution is 2.61. The molecular formula is C46H69N8O7. The van der Waals surface area contributed by atoms with E-state index < -0.39 is 57.8 Å². The van der Waals surface area contributed by atoms with Crippen LogP contribution in [-0.4, -0.2) is 90.7 Å². The van der Waals surface area contributed by atoms with E-state index >= 15 is 0 Å². The van der Waals surface area contributed by atoms with Crippen molar-refractivity contribution in [2.24, 2.45) is 30.2 Å². The smallest absolute Gasteiger partial charge is 0.408 e. The van der Waals surface area contributed by atoms with Gasteiger partial charge in [0, 0.05) is 54.4 Å². The van der Waals surface area contributed by atoms with Gasteiger partial charge in [-0.3, -0.25) is 19.2 Å². The number of rotatable bonds is 14. The second kappa shape index (κ2) is 17.3. The molecule has 4 aliphatic carbocycles. The van der Waals surface area contributed by atoms with Crippen molar-refractivity contribution in [3.8, 4) is 0 Å². The van der Waals surface area contributed by atoms with Gasteiger partial charge in [0.1, 0.15) is 23.7 Å². The van der Waals surface area contributed by atoms with Gasteiger partial charge in [0.05, 0.1) is 11.7 Å². The summed E-state index contributed by atoms with van der Waals surface area (Å²) in [5.41, 5.74) is -1.99. The first-order valence-corrected chi connectivity index (χ1v) is 22.1. The zero-order chi connectivity index (χ0) is 44.7. The van der Waals surface area contributed by atoms with Crippen LogP contribution < -0.4 is 26.6 Å². The molecule has 1 aliphatic heterocycles. The second-order valence-electron chi connectivity index (χ2n) is 21.4. The molecule has 4 saturated carbocycles. The van der Waals surface area contributed by atoms with Crippen LogP contribution >= 0.6 is 0 Å². The number of aryl methyl sites for hydroxylation is 1. The van der Waals surface area contributed by atoms with Crippen LogP contribution in [0.2, 0.25) is 0 Å². The van der Waals surface area contributed by atoms with Crippen LogP contribution in [0.15, 0.2) is 42.9 Å². The number of amides is 5. The summed E-state index contributed by atoms with van der Waals surface area (Å²) in [6, 6.07) is 6.39. The molecule has 5 amide bonds. The van der Waals surface area contributed by atoms with Gasteiger partial charge in [-0.2, -0.15) is 0 Å². The van der Waals surface area contributed by atoms with E-state index in [0.29, 0.717) is 32.1 Å². The van der Waals surface area contributed by atoms with Crippen LogP contribution in [0.25, 0.3) is 0 Å². The van der Waals surface area contributed by atoms with E-state index in [1.165, 1.54) is 0 Å². The molecular weight excluding hydrogens is 777 g/mol. The number of hydroxylamine groups is 2. The van der Waals surface area contributed by atoms with Crippen LogP contribution in [-0.2, 0) is 49.0 Å². The van der Waals surface area contributed by atoms with Crippen molar-refractivity contribution in [3.63, 3.8) is 0 Å². The van der Waals surface area contributed by atoms with E-state index in [4.69, 9.17) is 4.74 Å². The minimum atomic E-state index is -0.949. The zero-order valence-corrected chi connectivity index (χ0v) is 37.9. The summed E-state index contributed by atoms with van der Waals surface area (Å²) < 4.78 is 7.34. The number of piperidine rings is 1. The monoisotopic (exact) mass is 846 g/mol. The minimum Gasteiger partial charge on any atom is -0.444 e. The van der Waals surface area contributed by atoms with E-state index in [-0.39, 0.29) is 54.4 Å². The van der Waals surface area contributed by atoms with E-state index in [2.05, 4.69) is 31.6 Å². The number of nitrogens with one attached hydrogen (secondary N) is 5. The summed E-state index contributed by atoms with van der Waals surface area (Å²) >= 11 is 0. The largest absolute Gasteiger partial charge is 0.444 e. The van der Waals surface area contributed by atoms with Crippen molar-refractivity contribution in [1.82, 2.24) is 41.2 Å². The number of carbonyl (C=O) groups excluding carboxylic acids is 5. The van der Waals surface area contributed by atoms with E-state index in [1.54, 1.807) is 37.9 Å². The Labute approximate surface area is 361 Å². The highest BCUT2D eigenvalue weighted by Gasteiger charge is 2.61. The Morgan fingerprint density at radius 2 is 1.43 bits per heavy atom. The maximum Gasteiger partial charge on any atom is 0.408 e. The Kier molecular flexibility index (Phi) is 13.1. The van der Waals surface area contributed by atoms with Gasteiger partial charge in [0.2, 0.25) is 23.6 Å². The quantitative estimate of drug-likeness (QED) is 0.181. The van der Waals surface area contributed by atoms with Gasteiger partial charge in [0.25, 0.3) is 0 Å². The molecule has 335 valence electrons. The molecule has 2 heterocycles. The number of benzene rings is 1. The fraction of sp³-hybridized carbons (Fsp3) is 0.696. The van der Waals surface area contributed by atoms with Crippen LogP contribution in [0, 0.1) is 23.2 Å². The predicted molar refractivity (Wildman–Crippen MR) is 229 cm³/mol. The number of hydrogen-bond acceptors (Lipinski definition) is 8. The Bertz CT molecular complexity index is 1910. The molecule has 2 aromatic rings. The lowest BCUT2D eigenvalue weighted by Gasteiger charge is -2.61. The summed E-state index contributed by atoms with van der Waals surface area (Å²) in [5.74, 6) is -1.26. The molecule has 1 saturated heterocycles. The maximum atomic E-state index is 14.7. The Balaban J connectivity index is 1.18. The number of alkyl carbamates (subject to hydrolysis) is 1. The van der Waals surface area contributed by atoms with Gasteiger partial charge < -0.3 is 35.9 Å². The molecule has 1 aromatic heterocycles. The lowest BCUT2D eigenvalue weighted by Crippen LogP contribution is -2.68. The zero-order valence-electron chi connectivity index (χ0n) is 37.9. The topological polar surface area (TPSA) is 196 Å². The first kappa shape index (κ1) is 46.0. The highest BCUT2D eigenvalue weighted by molar-refractivity contribution is 5.94. The predicted octanol–water partition coefficient (Wildman–Crippen LogP) is 4.66. The molecule has 61 heavy (non-hydrogen) atoms. The van der Waals surface area contributed by atoms with Crippen LogP contribution in [0.3, 0.4) is 0 Å². The SMILES string of the molecule is CC(C)[C@H](NC(=O)C12C[C@@H]3C[C@@H](CC(NC(=O)[C@H](Cc4cncn4C)NC(=O)OC(C)(C)C)(C3)C1)C2)C(=O)N[C@@H](Cc1ccccc1)C(=O)NC1CC(C)(C)N([O])C(C)(C)C1. The molecule has 1 radical (unpaired) electrons. The van der Waals surface area contributed by atoms with E-state index in [9.17, 15) is 29.2 Å². The highest BCUT2D eigenvalue weighted by atomic mass is 16.6. The molecule has 5 fully saturated rings. The van der Waals surface area contributed by atoms with Gasteiger partial charge in [0.15, 0.2) is 0 Å². The molecule has 15 heteroatoms. The van der Waals surface area contributed by atoms with E-state index in [1.807, 2.05) is 78.9 Å². The maximum absolute atomic E-state index is 14.7. The normalized spacial score (nSPS) is 27.1. The van der Waals surface area contributed by atoms with Crippen LogP contribution in [0.1, 0.15) is 125 Å². The first-order chi connectivity index (χ1) is 28.4. The molecule has 5 N–H and O–H groups in total. The molecule has 5 aliphatic rings. The summed E-state index contributed by atoms with van der Waals surface area (Å²) in [5, 5.41) is 29.6. The Morgan fingerprint density at radius 3 is 1.98 bits per heavy atom. The third kappa shape index (κ3) is 10.8. The van der Waals surface area contributed by atoms with Gasteiger partial charge in [-0.05, 0) is 123 Å². The first-order valence-electron chi connectivity index (χ1n) is 22.1. The average molecular weight is 846 g/mol. The van der Waals surface area contributed by atoms with Crippen molar-refractivity contribution in [1.29, 1.82) is 0 Å². The molecule has 0 spiro atoms. The van der Waals surface area contributed by atoms with Crippen molar-refractivity contribution >= 4 is 29.7 Å². The minimum absolute atomic E-state index is 0.194. The van der Waals surface area contributed by atoms with Gasteiger partial charge in [-0.1, -0.05) is 44.2 Å².